The van der Waals surface area contributed by atoms with Gasteiger partial charge in [-0.15, -0.1) is 0 Å². The molecule has 0 fully saturated rings. The summed E-state index contributed by atoms with van der Waals surface area (Å²) in [6.45, 7) is 4.72. The smallest absolute Gasteiger partial charge is 0.240 e. The number of amides is 1. The minimum atomic E-state index is -3.82. The standard InChI is InChI=1S/C26H30N6O4S/c1-5-20(33)31-18-10-6-17(7-11-18)23-21(22-24(27)28-15-29-25(22)32(23)4)16-8-12-19(13-9-16)37(35,36)30-14-26(2,3)34/h6-13,15,30,34H,5,14H2,1-4H3,(H,31,33)(H2,27,28,29). The molecule has 0 spiro atoms. The third-order valence-electron chi connectivity index (χ3n) is 5.91. The number of sulfonamides is 1. The van der Waals surface area contributed by atoms with Crippen molar-refractivity contribution < 1.29 is 18.3 Å². The molecule has 0 atom stereocenters. The van der Waals surface area contributed by atoms with Crippen molar-refractivity contribution in [3.63, 3.8) is 0 Å². The van der Waals surface area contributed by atoms with Crippen molar-refractivity contribution in [2.45, 2.75) is 37.7 Å². The first-order chi connectivity index (χ1) is 17.4. The Kier molecular flexibility index (Phi) is 7.05. The maximum absolute atomic E-state index is 12.7. The second-order valence-corrected chi connectivity index (χ2v) is 11.1. The molecule has 0 aliphatic carbocycles. The second kappa shape index (κ2) is 9.92. The molecule has 194 valence electrons. The van der Waals surface area contributed by atoms with Gasteiger partial charge in [0, 0.05) is 31.3 Å². The van der Waals surface area contributed by atoms with Crippen molar-refractivity contribution in [1.29, 1.82) is 0 Å². The van der Waals surface area contributed by atoms with Gasteiger partial charge in [0.05, 0.1) is 21.6 Å². The van der Waals surface area contributed by atoms with Crippen LogP contribution in [0, 0.1) is 0 Å². The van der Waals surface area contributed by atoms with Gasteiger partial charge >= 0.3 is 0 Å². The maximum Gasteiger partial charge on any atom is 0.240 e. The Morgan fingerprint density at radius 1 is 1.05 bits per heavy atom. The number of carbonyl (C=O) groups is 1. The molecule has 2 heterocycles. The van der Waals surface area contributed by atoms with Crippen LogP contribution in [0.1, 0.15) is 27.2 Å². The van der Waals surface area contributed by atoms with Crippen molar-refractivity contribution in [2.24, 2.45) is 7.05 Å². The first kappa shape index (κ1) is 26.3. The average Bonchev–Trinajstić information content (AvgIpc) is 3.16. The number of nitrogens with two attached hydrogens (primary N) is 1. The lowest BCUT2D eigenvalue weighted by Gasteiger charge is -2.17. The van der Waals surface area contributed by atoms with Crippen LogP contribution in [0.25, 0.3) is 33.4 Å². The van der Waals surface area contributed by atoms with E-state index in [-0.39, 0.29) is 17.3 Å². The van der Waals surface area contributed by atoms with Crippen molar-refractivity contribution in [3.8, 4) is 22.4 Å². The number of aromatic nitrogens is 3. The molecule has 0 aliphatic rings. The van der Waals surface area contributed by atoms with E-state index in [9.17, 15) is 18.3 Å². The number of carbonyl (C=O) groups excluding carboxylic acids is 1. The van der Waals surface area contributed by atoms with E-state index in [1.807, 2.05) is 35.9 Å². The number of nitrogens with zero attached hydrogens (tertiary/aromatic N) is 3. The highest BCUT2D eigenvalue weighted by Crippen LogP contribution is 2.41. The highest BCUT2D eigenvalue weighted by molar-refractivity contribution is 7.89. The first-order valence-corrected chi connectivity index (χ1v) is 13.2. The predicted octanol–water partition coefficient (Wildman–Crippen LogP) is 3.28. The number of rotatable bonds is 8. The van der Waals surface area contributed by atoms with Gasteiger partial charge in [-0.05, 0) is 49.2 Å². The van der Waals surface area contributed by atoms with E-state index in [4.69, 9.17) is 5.73 Å². The Labute approximate surface area is 215 Å². The van der Waals surface area contributed by atoms with E-state index < -0.39 is 15.6 Å². The number of aliphatic hydroxyl groups is 1. The molecule has 2 aromatic heterocycles. The summed E-state index contributed by atoms with van der Waals surface area (Å²) in [7, 11) is -1.94. The summed E-state index contributed by atoms with van der Waals surface area (Å²) in [6, 6.07) is 13.9. The highest BCUT2D eigenvalue weighted by atomic mass is 32.2. The number of hydrogen-bond acceptors (Lipinski definition) is 7. The molecular weight excluding hydrogens is 492 g/mol. The quantitative estimate of drug-likeness (QED) is 0.277. The van der Waals surface area contributed by atoms with Gasteiger partial charge in [-0.2, -0.15) is 0 Å². The lowest BCUT2D eigenvalue weighted by Crippen LogP contribution is -2.38. The molecule has 0 unspecified atom stereocenters. The lowest BCUT2D eigenvalue weighted by molar-refractivity contribution is -0.115. The zero-order chi connectivity index (χ0) is 27.0. The summed E-state index contributed by atoms with van der Waals surface area (Å²) in [5.74, 6) is 0.227. The Balaban J connectivity index is 1.81. The Morgan fingerprint density at radius 2 is 1.68 bits per heavy atom. The Bertz CT molecular complexity index is 1550. The summed E-state index contributed by atoms with van der Waals surface area (Å²) < 4.78 is 29.8. The topological polar surface area (TPSA) is 152 Å². The number of benzene rings is 2. The zero-order valence-electron chi connectivity index (χ0n) is 21.1. The minimum Gasteiger partial charge on any atom is -0.389 e. The largest absolute Gasteiger partial charge is 0.389 e. The van der Waals surface area contributed by atoms with E-state index in [0.29, 0.717) is 29.0 Å². The SMILES string of the molecule is CCC(=O)Nc1ccc(-c2c(-c3ccc(S(=O)(=O)NCC(C)(C)O)cc3)c3c(N)ncnc3n2C)cc1. The molecule has 10 nitrogen and oxygen atoms in total. The maximum atomic E-state index is 12.7. The number of hydrogen-bond donors (Lipinski definition) is 4. The number of fused-ring (bicyclic) bond motifs is 1. The molecule has 2 aromatic carbocycles. The average molecular weight is 523 g/mol. The molecule has 0 saturated heterocycles. The van der Waals surface area contributed by atoms with Crippen LogP contribution >= 0.6 is 0 Å². The van der Waals surface area contributed by atoms with Crippen LogP contribution in [0.3, 0.4) is 0 Å². The van der Waals surface area contributed by atoms with Gasteiger partial charge in [0.2, 0.25) is 15.9 Å². The van der Waals surface area contributed by atoms with E-state index in [1.54, 1.807) is 19.1 Å². The molecule has 11 heteroatoms. The van der Waals surface area contributed by atoms with Crippen LogP contribution < -0.4 is 15.8 Å². The third-order valence-corrected chi connectivity index (χ3v) is 7.32. The number of anilines is 2. The van der Waals surface area contributed by atoms with Crippen molar-refractivity contribution in [3.05, 3.63) is 54.9 Å². The number of aryl methyl sites for hydroxylation is 1. The molecule has 4 rings (SSSR count). The molecule has 0 radical (unpaired) electrons. The van der Waals surface area contributed by atoms with Gasteiger partial charge < -0.3 is 20.7 Å². The van der Waals surface area contributed by atoms with Gasteiger partial charge in [0.1, 0.15) is 17.8 Å². The molecule has 5 N–H and O–H groups in total. The Hall–Kier alpha value is -3.80. The fourth-order valence-electron chi connectivity index (χ4n) is 4.01. The molecule has 0 aliphatic heterocycles. The fourth-order valence-corrected chi connectivity index (χ4v) is 5.22. The van der Waals surface area contributed by atoms with E-state index >= 15 is 0 Å². The van der Waals surface area contributed by atoms with Gasteiger partial charge in [-0.3, -0.25) is 4.79 Å². The monoisotopic (exact) mass is 522 g/mol. The van der Waals surface area contributed by atoms with Gasteiger partial charge in [0.15, 0.2) is 0 Å². The van der Waals surface area contributed by atoms with Crippen LogP contribution in [0.4, 0.5) is 11.5 Å². The Morgan fingerprint density at radius 3 is 2.27 bits per heavy atom. The molecule has 0 saturated carbocycles. The minimum absolute atomic E-state index is 0.0718. The summed E-state index contributed by atoms with van der Waals surface area (Å²) in [4.78, 5) is 20.4. The van der Waals surface area contributed by atoms with Crippen molar-refractivity contribution >= 4 is 38.5 Å². The number of nitrogens with one attached hydrogen (secondary N) is 2. The van der Waals surface area contributed by atoms with Crippen molar-refractivity contribution in [1.82, 2.24) is 19.3 Å². The van der Waals surface area contributed by atoms with Crippen LogP contribution in [-0.2, 0) is 21.9 Å². The lowest BCUT2D eigenvalue weighted by atomic mass is 9.98. The van der Waals surface area contributed by atoms with E-state index in [0.717, 1.165) is 22.4 Å². The summed E-state index contributed by atoms with van der Waals surface area (Å²) in [5.41, 5.74) is 9.57. The first-order valence-electron chi connectivity index (χ1n) is 11.7. The zero-order valence-corrected chi connectivity index (χ0v) is 21.9. The van der Waals surface area contributed by atoms with Gasteiger partial charge in [-0.25, -0.2) is 23.1 Å². The predicted molar refractivity (Wildman–Crippen MR) is 144 cm³/mol. The summed E-state index contributed by atoms with van der Waals surface area (Å²) in [6.07, 6.45) is 1.78. The normalized spacial score (nSPS) is 12.1. The van der Waals surface area contributed by atoms with Crippen molar-refractivity contribution in [2.75, 3.05) is 17.6 Å². The molecule has 1 amide bonds. The third kappa shape index (κ3) is 5.48. The van der Waals surface area contributed by atoms with E-state index in [2.05, 4.69) is 20.0 Å². The second-order valence-electron chi connectivity index (χ2n) is 9.38. The van der Waals surface area contributed by atoms with Crippen LogP contribution in [-0.4, -0.2) is 46.1 Å². The van der Waals surface area contributed by atoms with Crippen LogP contribution in [0.2, 0.25) is 0 Å². The van der Waals surface area contributed by atoms with Gasteiger partial charge in [0.25, 0.3) is 0 Å². The van der Waals surface area contributed by atoms with E-state index in [1.165, 1.54) is 32.3 Å². The fraction of sp³-hybridized carbons (Fsp3) is 0.269. The number of nitrogen functional groups attached to an aromatic ring is 1. The molecule has 37 heavy (non-hydrogen) atoms. The van der Waals surface area contributed by atoms with Gasteiger partial charge in [-0.1, -0.05) is 31.2 Å². The summed E-state index contributed by atoms with van der Waals surface area (Å²) >= 11 is 0. The highest BCUT2D eigenvalue weighted by Gasteiger charge is 2.23. The molecular formula is C26H30N6O4S. The summed E-state index contributed by atoms with van der Waals surface area (Å²) in [5, 5.41) is 13.4. The molecule has 4 aromatic rings. The van der Waals surface area contributed by atoms with Crippen LogP contribution in [0.5, 0.6) is 0 Å². The van der Waals surface area contributed by atoms with Crippen LogP contribution in [0.15, 0.2) is 59.8 Å². The molecule has 0 bridgehead atoms.